The Bertz CT molecular complexity index is 874. The van der Waals surface area contributed by atoms with Crippen LogP contribution in [0.4, 0.5) is 5.69 Å². The molecule has 0 saturated heterocycles. The summed E-state index contributed by atoms with van der Waals surface area (Å²) in [7, 11) is 0. The Kier molecular flexibility index (Phi) is 4.14. The number of carbonyl (C=O) groups is 2. The monoisotopic (exact) mass is 339 g/mol. The van der Waals surface area contributed by atoms with E-state index >= 15 is 0 Å². The van der Waals surface area contributed by atoms with Crippen LogP contribution in [-0.2, 0) is 4.79 Å². The van der Waals surface area contributed by atoms with Gasteiger partial charge in [-0.3, -0.25) is 9.59 Å². The van der Waals surface area contributed by atoms with Gasteiger partial charge in [-0.25, -0.2) is 5.43 Å². The van der Waals surface area contributed by atoms with Crippen LogP contribution >= 0.6 is 0 Å². The molecular formula is C18H17N3O4. The molecule has 2 aromatic carbocycles. The van der Waals surface area contributed by atoms with E-state index in [-0.39, 0.29) is 11.7 Å². The molecule has 2 aromatic rings. The Labute approximate surface area is 144 Å². The van der Waals surface area contributed by atoms with Crippen LogP contribution in [0.1, 0.15) is 29.8 Å². The molecule has 0 aromatic heterocycles. The summed E-state index contributed by atoms with van der Waals surface area (Å²) in [5.41, 5.74) is 2.65. The third-order valence-corrected chi connectivity index (χ3v) is 3.71. The van der Waals surface area contributed by atoms with Crippen molar-refractivity contribution in [2.45, 2.75) is 19.4 Å². The van der Waals surface area contributed by atoms with Crippen molar-refractivity contribution in [3.05, 3.63) is 53.6 Å². The number of hydrazone groups is 1. The Morgan fingerprint density at radius 2 is 2.04 bits per heavy atom. The van der Waals surface area contributed by atoms with Crippen molar-refractivity contribution in [2.24, 2.45) is 5.10 Å². The molecular weight excluding hydrogens is 322 g/mol. The molecule has 0 atom stereocenters. The van der Waals surface area contributed by atoms with Gasteiger partial charge in [0.15, 0.2) is 5.60 Å². The van der Waals surface area contributed by atoms with E-state index in [4.69, 9.17) is 4.74 Å². The fourth-order valence-corrected chi connectivity index (χ4v) is 2.27. The van der Waals surface area contributed by atoms with Gasteiger partial charge < -0.3 is 15.2 Å². The molecule has 0 spiro atoms. The highest BCUT2D eigenvalue weighted by molar-refractivity contribution is 6.02. The van der Waals surface area contributed by atoms with Gasteiger partial charge in [-0.1, -0.05) is 12.1 Å². The number of nitrogens with one attached hydrogen (secondary N) is 2. The van der Waals surface area contributed by atoms with Crippen LogP contribution in [0.25, 0.3) is 0 Å². The molecule has 0 saturated carbocycles. The highest BCUT2D eigenvalue weighted by Gasteiger charge is 2.35. The first-order valence-corrected chi connectivity index (χ1v) is 7.63. The first-order valence-electron chi connectivity index (χ1n) is 7.63. The number of nitrogens with zero attached hydrogens (tertiary/aromatic N) is 1. The normalized spacial score (nSPS) is 15.2. The van der Waals surface area contributed by atoms with Crippen LogP contribution in [0.2, 0.25) is 0 Å². The highest BCUT2D eigenvalue weighted by atomic mass is 16.5. The van der Waals surface area contributed by atoms with E-state index in [1.165, 1.54) is 18.3 Å². The predicted molar refractivity (Wildman–Crippen MR) is 92.9 cm³/mol. The van der Waals surface area contributed by atoms with Crippen LogP contribution in [0, 0.1) is 0 Å². The zero-order valence-corrected chi connectivity index (χ0v) is 13.7. The van der Waals surface area contributed by atoms with Crippen molar-refractivity contribution < 1.29 is 19.4 Å². The van der Waals surface area contributed by atoms with E-state index in [0.717, 1.165) is 0 Å². The van der Waals surface area contributed by atoms with E-state index in [0.29, 0.717) is 22.6 Å². The molecule has 128 valence electrons. The number of rotatable bonds is 3. The number of amides is 2. The number of hydrogen-bond donors (Lipinski definition) is 3. The minimum absolute atomic E-state index is 0.0664. The zero-order valence-electron chi connectivity index (χ0n) is 13.7. The summed E-state index contributed by atoms with van der Waals surface area (Å²) in [6.07, 6.45) is 1.35. The van der Waals surface area contributed by atoms with Gasteiger partial charge in [-0.2, -0.15) is 5.10 Å². The first-order chi connectivity index (χ1) is 11.9. The number of para-hydroxylation sites is 1. The lowest BCUT2D eigenvalue weighted by Gasteiger charge is -2.31. The summed E-state index contributed by atoms with van der Waals surface area (Å²) in [5, 5.41) is 16.2. The number of aromatic hydroxyl groups is 1. The average molecular weight is 339 g/mol. The lowest BCUT2D eigenvalue weighted by atomic mass is 10.0. The van der Waals surface area contributed by atoms with E-state index in [1.807, 2.05) is 0 Å². The minimum Gasteiger partial charge on any atom is -0.507 e. The number of benzene rings is 2. The molecule has 3 rings (SSSR count). The first kappa shape index (κ1) is 16.5. The van der Waals surface area contributed by atoms with Gasteiger partial charge in [0.05, 0.1) is 11.9 Å². The summed E-state index contributed by atoms with van der Waals surface area (Å²) in [4.78, 5) is 24.1. The summed E-state index contributed by atoms with van der Waals surface area (Å²) in [6, 6.07) is 11.4. The molecule has 0 bridgehead atoms. The molecule has 0 unspecified atom stereocenters. The number of hydrogen-bond acceptors (Lipinski definition) is 5. The molecule has 7 nitrogen and oxygen atoms in total. The molecule has 3 N–H and O–H groups in total. The molecule has 0 radical (unpaired) electrons. The maximum Gasteiger partial charge on any atom is 0.271 e. The maximum atomic E-state index is 12.2. The summed E-state index contributed by atoms with van der Waals surface area (Å²) < 4.78 is 5.62. The summed E-state index contributed by atoms with van der Waals surface area (Å²) >= 11 is 0. The number of phenolic OH excluding ortho intramolecular Hbond substituents is 1. The molecule has 0 aliphatic carbocycles. The molecule has 25 heavy (non-hydrogen) atoms. The number of phenols is 1. The topological polar surface area (TPSA) is 100 Å². The molecule has 2 amide bonds. The van der Waals surface area contributed by atoms with E-state index in [9.17, 15) is 14.7 Å². The van der Waals surface area contributed by atoms with Gasteiger partial charge in [0.2, 0.25) is 0 Å². The lowest BCUT2D eigenvalue weighted by Crippen LogP contribution is -2.45. The van der Waals surface area contributed by atoms with Crippen LogP contribution in [0.15, 0.2) is 47.6 Å². The summed E-state index contributed by atoms with van der Waals surface area (Å²) in [5.74, 6) is -0.167. The second-order valence-corrected chi connectivity index (χ2v) is 6.04. The third kappa shape index (κ3) is 3.45. The van der Waals surface area contributed by atoms with E-state index < -0.39 is 11.5 Å². The maximum absolute atomic E-state index is 12.2. The number of ether oxygens (including phenoxy) is 1. The zero-order chi connectivity index (χ0) is 18.0. The smallest absolute Gasteiger partial charge is 0.271 e. The Morgan fingerprint density at radius 1 is 1.28 bits per heavy atom. The van der Waals surface area contributed by atoms with Gasteiger partial charge in [-0.05, 0) is 44.2 Å². The van der Waals surface area contributed by atoms with Gasteiger partial charge in [-0.15, -0.1) is 0 Å². The van der Waals surface area contributed by atoms with Gasteiger partial charge >= 0.3 is 0 Å². The SMILES string of the molecule is CC1(C)Oc2ccc(C(=O)N/N=C\c3ccccc3O)cc2NC1=O. The molecule has 1 heterocycles. The number of fused-ring (bicyclic) bond motifs is 1. The fraction of sp³-hybridized carbons (Fsp3) is 0.167. The van der Waals surface area contributed by atoms with E-state index in [1.54, 1.807) is 44.2 Å². The van der Waals surface area contributed by atoms with Crippen molar-refractivity contribution in [3.63, 3.8) is 0 Å². The van der Waals surface area contributed by atoms with Crippen molar-refractivity contribution in [1.82, 2.24) is 5.43 Å². The van der Waals surface area contributed by atoms with Crippen LogP contribution < -0.4 is 15.5 Å². The van der Waals surface area contributed by atoms with Crippen LogP contribution in [-0.4, -0.2) is 28.7 Å². The van der Waals surface area contributed by atoms with Crippen molar-refractivity contribution in [1.29, 1.82) is 0 Å². The largest absolute Gasteiger partial charge is 0.507 e. The Balaban J connectivity index is 1.73. The van der Waals surface area contributed by atoms with Crippen LogP contribution in [0.3, 0.4) is 0 Å². The van der Waals surface area contributed by atoms with Gasteiger partial charge in [0.1, 0.15) is 11.5 Å². The minimum atomic E-state index is -0.960. The Morgan fingerprint density at radius 3 is 2.80 bits per heavy atom. The van der Waals surface area contributed by atoms with E-state index in [2.05, 4.69) is 15.8 Å². The average Bonchev–Trinajstić information content (AvgIpc) is 2.57. The third-order valence-electron chi connectivity index (χ3n) is 3.71. The van der Waals surface area contributed by atoms with Crippen molar-refractivity contribution in [2.75, 3.05) is 5.32 Å². The van der Waals surface area contributed by atoms with Crippen molar-refractivity contribution >= 4 is 23.7 Å². The molecule has 0 fully saturated rings. The highest BCUT2D eigenvalue weighted by Crippen LogP contribution is 2.34. The predicted octanol–water partition coefficient (Wildman–Crippen LogP) is 2.27. The second-order valence-electron chi connectivity index (χ2n) is 6.04. The lowest BCUT2D eigenvalue weighted by molar-refractivity contribution is -0.129. The van der Waals surface area contributed by atoms with Gasteiger partial charge in [0, 0.05) is 11.1 Å². The van der Waals surface area contributed by atoms with Gasteiger partial charge in [0.25, 0.3) is 11.8 Å². The fourth-order valence-electron chi connectivity index (χ4n) is 2.27. The van der Waals surface area contributed by atoms with Crippen LogP contribution in [0.5, 0.6) is 11.5 Å². The number of anilines is 1. The van der Waals surface area contributed by atoms with Crippen molar-refractivity contribution in [3.8, 4) is 11.5 Å². The molecule has 1 aliphatic rings. The molecule has 1 aliphatic heterocycles. The standard InChI is InChI=1S/C18H17N3O4/c1-18(2)17(24)20-13-9-11(7-8-15(13)25-18)16(23)21-19-10-12-5-3-4-6-14(12)22/h3-10,22H,1-2H3,(H,20,24)(H,21,23)/b19-10-. The number of carbonyl (C=O) groups excluding carboxylic acids is 2. The second kappa shape index (κ2) is 6.27. The quantitative estimate of drug-likeness (QED) is 0.590. The molecule has 7 heteroatoms. The summed E-state index contributed by atoms with van der Waals surface area (Å²) in [6.45, 7) is 3.33. The Hall–Kier alpha value is -3.35.